The molecule has 3 rings (SSSR count). The summed E-state index contributed by atoms with van der Waals surface area (Å²) in [5, 5.41) is 0.776. The summed E-state index contributed by atoms with van der Waals surface area (Å²) >= 11 is 5.98. The fourth-order valence-electron chi connectivity index (χ4n) is 2.13. The topological polar surface area (TPSA) is 51.8 Å². The number of aryl methyl sites for hydroxylation is 2. The van der Waals surface area contributed by atoms with Gasteiger partial charge >= 0.3 is 0 Å². The molecule has 1 aromatic carbocycles. The molecule has 0 radical (unpaired) electrons. The number of halogens is 1. The van der Waals surface area contributed by atoms with E-state index >= 15 is 0 Å². The first-order chi connectivity index (χ1) is 7.74. The minimum atomic E-state index is 0.344. The number of nitrogen functional groups attached to an aromatic ring is 1. The van der Waals surface area contributed by atoms with Crippen molar-refractivity contribution in [1.29, 1.82) is 0 Å². The van der Waals surface area contributed by atoms with E-state index in [-0.39, 0.29) is 0 Å². The zero-order valence-corrected chi connectivity index (χ0v) is 9.33. The first kappa shape index (κ1) is 9.60. The van der Waals surface area contributed by atoms with Crippen LogP contribution in [0.1, 0.15) is 11.3 Å². The molecule has 3 nitrogen and oxygen atoms in total. The smallest absolute Gasteiger partial charge is 0.220 e. The predicted molar refractivity (Wildman–Crippen MR) is 64.3 cm³/mol. The molecule has 0 unspecified atom stereocenters. The van der Waals surface area contributed by atoms with Crippen molar-refractivity contribution in [2.45, 2.75) is 12.8 Å². The molecule has 2 N–H and O–H groups in total. The molecule has 0 bridgehead atoms. The summed E-state index contributed by atoms with van der Waals surface area (Å²) in [5.41, 5.74) is 10.1. The fourth-order valence-corrected chi connectivity index (χ4v) is 2.33. The molecule has 0 spiro atoms. The fraction of sp³-hybridized carbons (Fsp3) is 0.167. The second-order valence-electron chi connectivity index (χ2n) is 3.89. The van der Waals surface area contributed by atoms with Crippen molar-refractivity contribution in [1.82, 2.24) is 9.97 Å². The van der Waals surface area contributed by atoms with Crippen molar-refractivity contribution in [2.75, 3.05) is 5.73 Å². The van der Waals surface area contributed by atoms with Gasteiger partial charge in [0.1, 0.15) is 0 Å². The summed E-state index contributed by atoms with van der Waals surface area (Å²) < 4.78 is 0. The van der Waals surface area contributed by atoms with Gasteiger partial charge in [-0.2, -0.15) is 0 Å². The standard InChI is InChI=1S/C12H10ClN3/c13-8-2-3-9-7(5-8)1-4-11-10(9)6-15-12(14)16-11/h2-3,5-6H,1,4H2,(H2,14,15,16). The lowest BCUT2D eigenvalue weighted by molar-refractivity contribution is 0.887. The molecule has 1 heterocycles. The number of aromatic nitrogens is 2. The van der Waals surface area contributed by atoms with E-state index in [1.165, 1.54) is 11.1 Å². The van der Waals surface area contributed by atoms with Crippen LogP contribution in [0.15, 0.2) is 24.4 Å². The Morgan fingerprint density at radius 2 is 2.06 bits per heavy atom. The van der Waals surface area contributed by atoms with Crippen LogP contribution in [0.2, 0.25) is 5.02 Å². The molecule has 0 aliphatic heterocycles. The van der Waals surface area contributed by atoms with E-state index in [4.69, 9.17) is 17.3 Å². The molecule has 0 atom stereocenters. The SMILES string of the molecule is Nc1ncc2c(n1)CCc1cc(Cl)ccc1-2. The van der Waals surface area contributed by atoms with Gasteiger partial charge < -0.3 is 5.73 Å². The molecule has 0 saturated heterocycles. The summed E-state index contributed by atoms with van der Waals surface area (Å²) in [6.45, 7) is 0. The maximum absolute atomic E-state index is 5.98. The van der Waals surface area contributed by atoms with Gasteiger partial charge in [0.25, 0.3) is 0 Å². The third kappa shape index (κ3) is 1.44. The van der Waals surface area contributed by atoms with Crippen LogP contribution in [-0.4, -0.2) is 9.97 Å². The van der Waals surface area contributed by atoms with Gasteiger partial charge in [0, 0.05) is 16.8 Å². The van der Waals surface area contributed by atoms with E-state index in [1.807, 2.05) is 18.2 Å². The molecule has 0 saturated carbocycles. The highest BCUT2D eigenvalue weighted by Gasteiger charge is 2.17. The summed E-state index contributed by atoms with van der Waals surface area (Å²) in [5.74, 6) is 0.344. The molecule has 0 amide bonds. The Hall–Kier alpha value is -1.61. The van der Waals surface area contributed by atoms with E-state index < -0.39 is 0 Å². The molecule has 2 aromatic rings. The van der Waals surface area contributed by atoms with E-state index in [0.717, 1.165) is 29.1 Å². The van der Waals surface area contributed by atoms with Gasteiger partial charge in [0.15, 0.2) is 0 Å². The highest BCUT2D eigenvalue weighted by Crippen LogP contribution is 2.33. The van der Waals surface area contributed by atoms with Crippen LogP contribution in [0, 0.1) is 0 Å². The first-order valence-corrected chi connectivity index (χ1v) is 5.52. The van der Waals surface area contributed by atoms with Crippen LogP contribution in [0.25, 0.3) is 11.1 Å². The number of nitrogens with zero attached hydrogens (tertiary/aromatic N) is 2. The molecule has 16 heavy (non-hydrogen) atoms. The number of hydrogen-bond acceptors (Lipinski definition) is 3. The Morgan fingerprint density at radius 3 is 2.94 bits per heavy atom. The highest BCUT2D eigenvalue weighted by atomic mass is 35.5. The van der Waals surface area contributed by atoms with Gasteiger partial charge in [-0.1, -0.05) is 17.7 Å². The van der Waals surface area contributed by atoms with Crippen molar-refractivity contribution >= 4 is 17.5 Å². The average Bonchev–Trinajstić information content (AvgIpc) is 2.28. The molecule has 4 heteroatoms. The third-order valence-electron chi connectivity index (χ3n) is 2.87. The minimum Gasteiger partial charge on any atom is -0.368 e. The molecule has 0 fully saturated rings. The van der Waals surface area contributed by atoms with Gasteiger partial charge in [0.2, 0.25) is 5.95 Å². The maximum atomic E-state index is 5.98. The van der Waals surface area contributed by atoms with Crippen LogP contribution in [-0.2, 0) is 12.8 Å². The number of fused-ring (bicyclic) bond motifs is 3. The van der Waals surface area contributed by atoms with Crippen LogP contribution >= 0.6 is 11.6 Å². The van der Waals surface area contributed by atoms with Crippen molar-refractivity contribution in [3.8, 4) is 11.1 Å². The summed E-state index contributed by atoms with van der Waals surface area (Å²) in [4.78, 5) is 8.32. The van der Waals surface area contributed by atoms with E-state index in [2.05, 4.69) is 9.97 Å². The lowest BCUT2D eigenvalue weighted by Gasteiger charge is -2.18. The predicted octanol–water partition coefficient (Wildman–Crippen LogP) is 2.48. The van der Waals surface area contributed by atoms with Crippen LogP contribution in [0.3, 0.4) is 0 Å². The number of nitrogens with two attached hydrogens (primary N) is 1. The lowest BCUT2D eigenvalue weighted by Crippen LogP contribution is -2.08. The van der Waals surface area contributed by atoms with Gasteiger partial charge in [-0.25, -0.2) is 9.97 Å². The van der Waals surface area contributed by atoms with E-state index in [1.54, 1.807) is 6.20 Å². The highest BCUT2D eigenvalue weighted by molar-refractivity contribution is 6.30. The summed E-state index contributed by atoms with van der Waals surface area (Å²) in [6, 6.07) is 5.93. The van der Waals surface area contributed by atoms with Crippen molar-refractivity contribution in [3.63, 3.8) is 0 Å². The van der Waals surface area contributed by atoms with Crippen LogP contribution < -0.4 is 5.73 Å². The van der Waals surface area contributed by atoms with E-state index in [9.17, 15) is 0 Å². The minimum absolute atomic E-state index is 0.344. The average molecular weight is 232 g/mol. The molecule has 80 valence electrons. The van der Waals surface area contributed by atoms with Gasteiger partial charge in [-0.05, 0) is 36.1 Å². The van der Waals surface area contributed by atoms with Crippen LogP contribution in [0.4, 0.5) is 5.95 Å². The number of hydrogen-bond donors (Lipinski definition) is 1. The molecular weight excluding hydrogens is 222 g/mol. The lowest BCUT2D eigenvalue weighted by atomic mass is 9.89. The second kappa shape index (κ2) is 3.46. The Balaban J connectivity index is 2.23. The summed E-state index contributed by atoms with van der Waals surface area (Å²) in [7, 11) is 0. The van der Waals surface area contributed by atoms with Crippen molar-refractivity contribution < 1.29 is 0 Å². The Bertz CT molecular complexity index is 515. The van der Waals surface area contributed by atoms with Crippen LogP contribution in [0.5, 0.6) is 0 Å². The molecule has 1 aliphatic rings. The Labute approximate surface area is 98.3 Å². The number of anilines is 1. The largest absolute Gasteiger partial charge is 0.368 e. The number of rotatable bonds is 0. The zero-order chi connectivity index (χ0) is 11.1. The van der Waals surface area contributed by atoms with Gasteiger partial charge in [0.05, 0.1) is 5.69 Å². The summed E-state index contributed by atoms with van der Waals surface area (Å²) in [6.07, 6.45) is 3.65. The zero-order valence-electron chi connectivity index (χ0n) is 8.57. The quantitative estimate of drug-likeness (QED) is 0.758. The van der Waals surface area contributed by atoms with E-state index in [0.29, 0.717) is 5.95 Å². The normalized spacial score (nSPS) is 13.1. The first-order valence-electron chi connectivity index (χ1n) is 5.14. The molecule has 1 aliphatic carbocycles. The Kier molecular flexibility index (Phi) is 2.07. The monoisotopic (exact) mass is 231 g/mol. The third-order valence-corrected chi connectivity index (χ3v) is 3.11. The molecular formula is C12H10ClN3. The maximum Gasteiger partial charge on any atom is 0.220 e. The Morgan fingerprint density at radius 1 is 1.19 bits per heavy atom. The second-order valence-corrected chi connectivity index (χ2v) is 4.33. The number of benzene rings is 1. The molecule has 1 aromatic heterocycles. The van der Waals surface area contributed by atoms with Crippen molar-refractivity contribution in [2.24, 2.45) is 0 Å². The van der Waals surface area contributed by atoms with Gasteiger partial charge in [-0.3, -0.25) is 0 Å². The van der Waals surface area contributed by atoms with Gasteiger partial charge in [-0.15, -0.1) is 0 Å². The van der Waals surface area contributed by atoms with Crippen molar-refractivity contribution in [3.05, 3.63) is 40.7 Å².